The van der Waals surface area contributed by atoms with Gasteiger partial charge in [0, 0.05) is 4.88 Å². The summed E-state index contributed by atoms with van der Waals surface area (Å²) < 4.78 is 1.06. The molecule has 50 valence electrons. The standard InChI is InChI=1S/C6H8BrNS/c1-3-4(2)9-6(8)5(3)7/h8H2,1-2H3. The van der Waals surface area contributed by atoms with Crippen molar-refractivity contribution in [1.82, 2.24) is 0 Å². The van der Waals surface area contributed by atoms with Crippen LogP contribution in [0.25, 0.3) is 0 Å². The molecule has 3 heteroatoms. The van der Waals surface area contributed by atoms with Crippen molar-refractivity contribution in [3.63, 3.8) is 0 Å². The molecule has 1 heterocycles. The Balaban J connectivity index is 3.29. The maximum atomic E-state index is 5.61. The van der Waals surface area contributed by atoms with Crippen LogP contribution in [0, 0.1) is 13.8 Å². The fourth-order valence-electron chi connectivity index (χ4n) is 0.626. The van der Waals surface area contributed by atoms with Crippen LogP contribution in [0.4, 0.5) is 5.00 Å². The Labute approximate surface area is 67.0 Å². The van der Waals surface area contributed by atoms with Gasteiger partial charge < -0.3 is 5.73 Å². The van der Waals surface area contributed by atoms with Crippen LogP contribution in [0.1, 0.15) is 10.4 Å². The first-order valence-corrected chi connectivity index (χ1v) is 4.25. The molecule has 0 radical (unpaired) electrons. The number of hydrogen-bond acceptors (Lipinski definition) is 2. The molecule has 2 N–H and O–H groups in total. The van der Waals surface area contributed by atoms with E-state index in [4.69, 9.17) is 5.73 Å². The molecule has 0 fully saturated rings. The Morgan fingerprint density at radius 3 is 2.11 bits per heavy atom. The molecular formula is C6H8BrNS. The maximum Gasteiger partial charge on any atom is 0.101 e. The minimum atomic E-state index is 0.880. The van der Waals surface area contributed by atoms with E-state index in [9.17, 15) is 0 Å². The van der Waals surface area contributed by atoms with Gasteiger partial charge in [0.25, 0.3) is 0 Å². The van der Waals surface area contributed by atoms with Crippen LogP contribution in [0.5, 0.6) is 0 Å². The van der Waals surface area contributed by atoms with Crippen molar-refractivity contribution in [2.45, 2.75) is 13.8 Å². The van der Waals surface area contributed by atoms with Crippen molar-refractivity contribution in [2.75, 3.05) is 5.73 Å². The molecule has 0 bridgehead atoms. The summed E-state index contributed by atoms with van der Waals surface area (Å²) in [5.74, 6) is 0. The summed E-state index contributed by atoms with van der Waals surface area (Å²) >= 11 is 5.01. The molecule has 1 aromatic heterocycles. The predicted molar refractivity (Wildman–Crippen MR) is 45.9 cm³/mol. The van der Waals surface area contributed by atoms with Gasteiger partial charge >= 0.3 is 0 Å². The second-order valence-corrected chi connectivity index (χ2v) is 4.01. The van der Waals surface area contributed by atoms with Gasteiger partial charge in [0.05, 0.1) is 4.47 Å². The number of nitrogen functional groups attached to an aromatic ring is 1. The molecule has 0 aliphatic heterocycles. The van der Waals surface area contributed by atoms with E-state index >= 15 is 0 Å². The first kappa shape index (κ1) is 7.09. The fourth-order valence-corrected chi connectivity index (χ4v) is 2.12. The van der Waals surface area contributed by atoms with Crippen LogP contribution in [0.3, 0.4) is 0 Å². The van der Waals surface area contributed by atoms with Gasteiger partial charge in [-0.25, -0.2) is 0 Å². The number of rotatable bonds is 0. The van der Waals surface area contributed by atoms with Crippen molar-refractivity contribution < 1.29 is 0 Å². The number of hydrogen-bond donors (Lipinski definition) is 1. The highest BCUT2D eigenvalue weighted by molar-refractivity contribution is 9.10. The Kier molecular flexibility index (Phi) is 1.82. The largest absolute Gasteiger partial charge is 0.390 e. The van der Waals surface area contributed by atoms with Crippen molar-refractivity contribution in [1.29, 1.82) is 0 Å². The molecule has 9 heavy (non-hydrogen) atoms. The highest BCUT2D eigenvalue weighted by atomic mass is 79.9. The van der Waals surface area contributed by atoms with Gasteiger partial charge in [-0.2, -0.15) is 0 Å². The van der Waals surface area contributed by atoms with Crippen LogP contribution in [0.15, 0.2) is 4.47 Å². The smallest absolute Gasteiger partial charge is 0.101 e. The number of thiophene rings is 1. The maximum absolute atomic E-state index is 5.61. The minimum Gasteiger partial charge on any atom is -0.390 e. The number of anilines is 1. The number of aryl methyl sites for hydroxylation is 1. The first-order chi connectivity index (χ1) is 4.13. The minimum absolute atomic E-state index is 0.880. The predicted octanol–water partition coefficient (Wildman–Crippen LogP) is 2.71. The van der Waals surface area contributed by atoms with Gasteiger partial charge in [-0.3, -0.25) is 0 Å². The molecule has 0 aliphatic rings. The van der Waals surface area contributed by atoms with Crippen LogP contribution in [0.2, 0.25) is 0 Å². The molecule has 0 aromatic carbocycles. The zero-order valence-corrected chi connectivity index (χ0v) is 7.77. The van der Waals surface area contributed by atoms with Gasteiger partial charge in [-0.15, -0.1) is 11.3 Å². The summed E-state index contributed by atoms with van der Waals surface area (Å²) in [6.45, 7) is 4.13. The Morgan fingerprint density at radius 1 is 1.44 bits per heavy atom. The summed E-state index contributed by atoms with van der Waals surface area (Å²) in [6.07, 6.45) is 0. The van der Waals surface area contributed by atoms with Crippen molar-refractivity contribution in [2.24, 2.45) is 0 Å². The lowest BCUT2D eigenvalue weighted by atomic mass is 10.3. The van der Waals surface area contributed by atoms with E-state index in [2.05, 4.69) is 29.8 Å². The zero-order valence-electron chi connectivity index (χ0n) is 5.36. The van der Waals surface area contributed by atoms with Crippen LogP contribution >= 0.6 is 27.3 Å². The molecule has 1 nitrogen and oxygen atoms in total. The molecule has 1 aromatic rings. The first-order valence-electron chi connectivity index (χ1n) is 2.64. The average Bonchev–Trinajstić information content (AvgIpc) is 1.98. The van der Waals surface area contributed by atoms with E-state index < -0.39 is 0 Å². The topological polar surface area (TPSA) is 26.0 Å². The van der Waals surface area contributed by atoms with Crippen LogP contribution < -0.4 is 5.73 Å². The number of halogens is 1. The second kappa shape index (κ2) is 2.31. The molecule has 0 atom stereocenters. The van der Waals surface area contributed by atoms with Crippen molar-refractivity contribution in [3.8, 4) is 0 Å². The summed E-state index contributed by atoms with van der Waals surface area (Å²) in [7, 11) is 0. The van der Waals surface area contributed by atoms with Gasteiger partial charge in [0.2, 0.25) is 0 Å². The third kappa shape index (κ3) is 1.12. The Bertz CT molecular complexity index is 207. The average molecular weight is 206 g/mol. The van der Waals surface area contributed by atoms with E-state index in [0.29, 0.717) is 0 Å². The molecule has 0 amide bonds. The van der Waals surface area contributed by atoms with Crippen molar-refractivity contribution in [3.05, 3.63) is 14.9 Å². The van der Waals surface area contributed by atoms with E-state index in [1.807, 2.05) is 0 Å². The molecule has 0 spiro atoms. The zero-order chi connectivity index (χ0) is 7.02. The van der Waals surface area contributed by atoms with E-state index in [1.54, 1.807) is 11.3 Å². The number of nitrogens with two attached hydrogens (primary N) is 1. The molecule has 0 saturated heterocycles. The Hall–Kier alpha value is -0.0200. The van der Waals surface area contributed by atoms with E-state index in [1.165, 1.54) is 10.4 Å². The van der Waals surface area contributed by atoms with E-state index in [0.717, 1.165) is 9.47 Å². The Morgan fingerprint density at radius 2 is 2.00 bits per heavy atom. The summed E-state index contributed by atoms with van der Waals surface area (Å²) in [4.78, 5) is 1.29. The summed E-state index contributed by atoms with van der Waals surface area (Å²) in [6, 6.07) is 0. The second-order valence-electron chi connectivity index (χ2n) is 1.96. The highest BCUT2D eigenvalue weighted by Gasteiger charge is 2.04. The summed E-state index contributed by atoms with van der Waals surface area (Å²) in [5, 5.41) is 0.880. The molecular weight excluding hydrogens is 198 g/mol. The normalized spacial score (nSPS) is 10.1. The van der Waals surface area contributed by atoms with Crippen LogP contribution in [-0.4, -0.2) is 0 Å². The lowest BCUT2D eigenvalue weighted by Gasteiger charge is -1.86. The quantitative estimate of drug-likeness (QED) is 0.693. The third-order valence-electron chi connectivity index (χ3n) is 1.34. The van der Waals surface area contributed by atoms with E-state index in [-0.39, 0.29) is 0 Å². The molecule has 0 unspecified atom stereocenters. The fraction of sp³-hybridized carbons (Fsp3) is 0.333. The van der Waals surface area contributed by atoms with Gasteiger partial charge in [-0.1, -0.05) is 0 Å². The van der Waals surface area contributed by atoms with Gasteiger partial charge in [0.15, 0.2) is 0 Å². The molecule has 0 aliphatic carbocycles. The monoisotopic (exact) mass is 205 g/mol. The third-order valence-corrected chi connectivity index (χ3v) is 3.66. The van der Waals surface area contributed by atoms with Crippen molar-refractivity contribution >= 4 is 32.3 Å². The SMILES string of the molecule is Cc1sc(N)c(Br)c1C. The highest BCUT2D eigenvalue weighted by Crippen LogP contribution is 2.33. The van der Waals surface area contributed by atoms with Gasteiger partial charge in [-0.05, 0) is 35.3 Å². The lowest BCUT2D eigenvalue weighted by molar-refractivity contribution is 1.42. The lowest BCUT2D eigenvalue weighted by Crippen LogP contribution is -1.77. The van der Waals surface area contributed by atoms with Crippen LogP contribution in [-0.2, 0) is 0 Å². The summed E-state index contributed by atoms with van der Waals surface area (Å²) in [5.41, 5.74) is 6.87. The molecule has 0 saturated carbocycles. The molecule has 1 rings (SSSR count). The van der Waals surface area contributed by atoms with Gasteiger partial charge in [0.1, 0.15) is 5.00 Å².